The third-order valence-electron chi connectivity index (χ3n) is 5.69. The number of nitrogens with zero attached hydrogens (tertiary/aromatic N) is 4. The molecule has 0 aliphatic carbocycles. The Bertz CT molecular complexity index is 743. The number of nitriles is 1. The summed E-state index contributed by atoms with van der Waals surface area (Å²) < 4.78 is 5.10. The molecule has 0 bridgehead atoms. The van der Waals surface area contributed by atoms with E-state index in [1.54, 1.807) is 11.8 Å². The highest BCUT2D eigenvalue weighted by Crippen LogP contribution is 2.21. The summed E-state index contributed by atoms with van der Waals surface area (Å²) in [6.45, 7) is 7.37. The summed E-state index contributed by atoms with van der Waals surface area (Å²) in [5.74, 6) is 0.0393. The Morgan fingerprint density at radius 1 is 1.07 bits per heavy atom. The highest BCUT2D eigenvalue weighted by Gasteiger charge is 2.32. The maximum absolute atomic E-state index is 13.1. The average molecular weight is 399 g/mol. The number of likely N-dealkylation sites (tertiary alicyclic amines) is 1. The van der Waals surface area contributed by atoms with Gasteiger partial charge in [0, 0.05) is 45.8 Å². The molecule has 2 aliphatic heterocycles. The third-order valence-corrected chi connectivity index (χ3v) is 5.69. The van der Waals surface area contributed by atoms with E-state index in [-0.39, 0.29) is 17.9 Å². The summed E-state index contributed by atoms with van der Waals surface area (Å²) in [5.41, 5.74) is 1.85. The number of carbonyl (C=O) groups excluding carboxylic acids is 2. The van der Waals surface area contributed by atoms with Crippen LogP contribution in [-0.4, -0.2) is 72.6 Å². The molecule has 1 aromatic rings. The molecule has 2 fully saturated rings. The quantitative estimate of drug-likeness (QED) is 0.779. The molecule has 0 N–H and O–H groups in total. The molecule has 3 rings (SSSR count). The molecule has 2 heterocycles. The maximum Gasteiger partial charge on any atom is 0.409 e. The van der Waals surface area contributed by atoms with E-state index >= 15 is 0 Å². The number of amides is 2. The second-order valence-corrected chi connectivity index (χ2v) is 7.75. The van der Waals surface area contributed by atoms with Crippen LogP contribution in [0.25, 0.3) is 0 Å². The zero-order valence-electron chi connectivity index (χ0n) is 17.2. The van der Waals surface area contributed by atoms with Crippen LogP contribution in [0.15, 0.2) is 24.3 Å². The fourth-order valence-corrected chi connectivity index (χ4v) is 4.11. The summed E-state index contributed by atoms with van der Waals surface area (Å²) in [6, 6.07) is 9.84. The van der Waals surface area contributed by atoms with Gasteiger partial charge in [0.1, 0.15) is 0 Å². The summed E-state index contributed by atoms with van der Waals surface area (Å²) in [5, 5.41) is 8.92. The molecule has 7 heteroatoms. The molecule has 0 saturated carbocycles. The minimum Gasteiger partial charge on any atom is -0.450 e. The largest absolute Gasteiger partial charge is 0.450 e. The summed E-state index contributed by atoms with van der Waals surface area (Å²) in [4.78, 5) is 31.1. The van der Waals surface area contributed by atoms with Gasteiger partial charge in [-0.25, -0.2) is 4.79 Å². The second-order valence-electron chi connectivity index (χ2n) is 7.75. The standard InChI is InChI=1S/C22H30N4O3/c1-2-29-22(28)26-11-3-5-20(17-26)21(27)25-12-4-10-24(13-14-25)16-19-8-6-18(15-23)7-9-19/h6-9,20H,2-5,10-14,16-17H2,1H3. The lowest BCUT2D eigenvalue weighted by atomic mass is 9.96. The Balaban J connectivity index is 1.52. The smallest absolute Gasteiger partial charge is 0.409 e. The lowest BCUT2D eigenvalue weighted by molar-refractivity contribution is -0.136. The number of hydrogen-bond donors (Lipinski definition) is 0. The Kier molecular flexibility index (Phi) is 7.48. The van der Waals surface area contributed by atoms with Gasteiger partial charge in [0.25, 0.3) is 0 Å². The van der Waals surface area contributed by atoms with Crippen LogP contribution >= 0.6 is 0 Å². The normalized spacial score (nSPS) is 20.6. The molecule has 1 atom stereocenters. The molecular formula is C22H30N4O3. The van der Waals surface area contributed by atoms with Crippen molar-refractivity contribution >= 4 is 12.0 Å². The fraction of sp³-hybridized carbons (Fsp3) is 0.591. The first-order chi connectivity index (χ1) is 14.1. The van der Waals surface area contributed by atoms with Crippen LogP contribution in [0, 0.1) is 17.2 Å². The van der Waals surface area contributed by atoms with E-state index in [4.69, 9.17) is 10.00 Å². The second kappa shape index (κ2) is 10.3. The van der Waals surface area contributed by atoms with Gasteiger partial charge >= 0.3 is 6.09 Å². The number of rotatable bonds is 4. The van der Waals surface area contributed by atoms with Crippen molar-refractivity contribution in [1.29, 1.82) is 5.26 Å². The molecule has 0 aromatic heterocycles. The van der Waals surface area contributed by atoms with E-state index in [0.29, 0.717) is 31.8 Å². The van der Waals surface area contributed by atoms with E-state index in [1.165, 1.54) is 5.56 Å². The van der Waals surface area contributed by atoms with Crippen LogP contribution in [0.2, 0.25) is 0 Å². The van der Waals surface area contributed by atoms with Crippen molar-refractivity contribution in [3.05, 3.63) is 35.4 Å². The van der Waals surface area contributed by atoms with Crippen LogP contribution in [0.3, 0.4) is 0 Å². The van der Waals surface area contributed by atoms with Crippen molar-refractivity contribution in [3.8, 4) is 6.07 Å². The summed E-state index contributed by atoms with van der Waals surface area (Å²) >= 11 is 0. The van der Waals surface area contributed by atoms with Gasteiger partial charge in [0.2, 0.25) is 5.91 Å². The SMILES string of the molecule is CCOC(=O)N1CCCC(C(=O)N2CCCN(Cc3ccc(C#N)cc3)CC2)C1. The molecule has 1 unspecified atom stereocenters. The Morgan fingerprint density at radius 3 is 2.55 bits per heavy atom. The van der Waals surface area contributed by atoms with Crippen LogP contribution < -0.4 is 0 Å². The monoisotopic (exact) mass is 398 g/mol. The van der Waals surface area contributed by atoms with Gasteiger partial charge in [-0.2, -0.15) is 5.26 Å². The minimum absolute atomic E-state index is 0.127. The lowest BCUT2D eigenvalue weighted by Gasteiger charge is -2.34. The molecule has 1 aromatic carbocycles. The molecule has 0 radical (unpaired) electrons. The van der Waals surface area contributed by atoms with Crippen LogP contribution in [0.1, 0.15) is 37.3 Å². The number of piperidine rings is 1. The van der Waals surface area contributed by atoms with Gasteiger partial charge in [-0.05, 0) is 43.9 Å². The Morgan fingerprint density at radius 2 is 1.83 bits per heavy atom. The number of benzene rings is 1. The van der Waals surface area contributed by atoms with E-state index in [0.717, 1.165) is 45.4 Å². The topological polar surface area (TPSA) is 76.9 Å². The van der Waals surface area contributed by atoms with E-state index in [2.05, 4.69) is 11.0 Å². The number of ether oxygens (including phenoxy) is 1. The van der Waals surface area contributed by atoms with Gasteiger partial charge in [0.05, 0.1) is 24.2 Å². The van der Waals surface area contributed by atoms with Crippen LogP contribution in [-0.2, 0) is 16.1 Å². The molecule has 0 spiro atoms. The molecule has 2 amide bonds. The van der Waals surface area contributed by atoms with Gasteiger partial charge in [-0.1, -0.05) is 12.1 Å². The zero-order valence-corrected chi connectivity index (χ0v) is 17.2. The number of hydrogen-bond acceptors (Lipinski definition) is 5. The van der Waals surface area contributed by atoms with E-state index in [1.807, 2.05) is 29.2 Å². The third kappa shape index (κ3) is 5.70. The predicted octanol–water partition coefficient (Wildman–Crippen LogP) is 2.46. The van der Waals surface area contributed by atoms with Crippen molar-refractivity contribution < 1.29 is 14.3 Å². The molecule has 2 aliphatic rings. The highest BCUT2D eigenvalue weighted by molar-refractivity contribution is 5.80. The first-order valence-electron chi connectivity index (χ1n) is 10.5. The molecule has 7 nitrogen and oxygen atoms in total. The van der Waals surface area contributed by atoms with Gasteiger partial charge in [-0.3, -0.25) is 9.69 Å². The van der Waals surface area contributed by atoms with Gasteiger partial charge in [-0.15, -0.1) is 0 Å². The minimum atomic E-state index is -0.311. The van der Waals surface area contributed by atoms with Crippen LogP contribution in [0.5, 0.6) is 0 Å². The van der Waals surface area contributed by atoms with Crippen molar-refractivity contribution in [3.63, 3.8) is 0 Å². The van der Waals surface area contributed by atoms with Crippen molar-refractivity contribution in [2.45, 2.75) is 32.7 Å². The summed E-state index contributed by atoms with van der Waals surface area (Å²) in [6.07, 6.45) is 2.30. The Hall–Kier alpha value is -2.59. The molecule has 2 saturated heterocycles. The Labute approximate surface area is 172 Å². The van der Waals surface area contributed by atoms with Gasteiger partial charge in [0.15, 0.2) is 0 Å². The zero-order chi connectivity index (χ0) is 20.6. The van der Waals surface area contributed by atoms with E-state index in [9.17, 15) is 9.59 Å². The molecular weight excluding hydrogens is 368 g/mol. The highest BCUT2D eigenvalue weighted by atomic mass is 16.6. The lowest BCUT2D eigenvalue weighted by Crippen LogP contribution is -2.47. The van der Waals surface area contributed by atoms with Gasteiger partial charge < -0.3 is 14.5 Å². The molecule has 29 heavy (non-hydrogen) atoms. The number of carbonyl (C=O) groups is 2. The molecule has 156 valence electrons. The maximum atomic E-state index is 13.1. The van der Waals surface area contributed by atoms with Crippen molar-refractivity contribution in [2.24, 2.45) is 5.92 Å². The van der Waals surface area contributed by atoms with Crippen molar-refractivity contribution in [2.75, 3.05) is 45.9 Å². The van der Waals surface area contributed by atoms with Crippen LogP contribution in [0.4, 0.5) is 4.79 Å². The first kappa shape index (κ1) is 21.1. The van der Waals surface area contributed by atoms with E-state index < -0.39 is 0 Å². The van der Waals surface area contributed by atoms with Crippen molar-refractivity contribution in [1.82, 2.24) is 14.7 Å². The predicted molar refractivity (Wildman–Crippen MR) is 109 cm³/mol. The fourth-order valence-electron chi connectivity index (χ4n) is 4.11. The average Bonchev–Trinajstić information content (AvgIpc) is 2.99. The summed E-state index contributed by atoms with van der Waals surface area (Å²) in [7, 11) is 0. The first-order valence-corrected chi connectivity index (χ1v) is 10.5.